The van der Waals surface area contributed by atoms with E-state index in [9.17, 15) is 9.90 Å². The minimum atomic E-state index is -0.154. The second kappa shape index (κ2) is 7.75. The van der Waals surface area contributed by atoms with E-state index in [2.05, 4.69) is 15.6 Å². The molecule has 2 heterocycles. The van der Waals surface area contributed by atoms with Crippen molar-refractivity contribution in [3.05, 3.63) is 46.3 Å². The number of thiophene rings is 1. The van der Waals surface area contributed by atoms with Crippen LogP contribution in [0.4, 0.5) is 5.82 Å². The monoisotopic (exact) mass is 305 g/mol. The lowest BCUT2D eigenvalue weighted by Gasteiger charge is -2.14. The lowest BCUT2D eigenvalue weighted by Crippen LogP contribution is -2.31. The third kappa shape index (κ3) is 4.54. The zero-order chi connectivity index (χ0) is 15.1. The second-order valence-electron chi connectivity index (χ2n) is 4.72. The number of carbonyl (C=O) groups is 1. The number of rotatable bonds is 7. The van der Waals surface area contributed by atoms with Gasteiger partial charge in [0.1, 0.15) is 5.82 Å². The maximum atomic E-state index is 12.1. The molecule has 0 saturated heterocycles. The van der Waals surface area contributed by atoms with Crippen LogP contribution >= 0.6 is 11.3 Å². The Morgan fingerprint density at radius 2 is 2.33 bits per heavy atom. The molecule has 0 fully saturated rings. The molecule has 0 bridgehead atoms. The molecule has 0 aliphatic heterocycles. The summed E-state index contributed by atoms with van der Waals surface area (Å²) < 4.78 is 0. The van der Waals surface area contributed by atoms with Gasteiger partial charge in [-0.3, -0.25) is 4.79 Å². The number of carbonyl (C=O) groups excluding carboxylic acids is 1. The molecule has 0 aliphatic carbocycles. The lowest BCUT2D eigenvalue weighted by atomic mass is 10.1. The summed E-state index contributed by atoms with van der Waals surface area (Å²) in [5, 5.41) is 17.2. The SMILES string of the molecule is CNc1cc(C(=O)NC[C@H](CO)Cc2cccs2)ccn1. The molecule has 2 aromatic rings. The molecule has 0 aliphatic rings. The quantitative estimate of drug-likeness (QED) is 0.729. The van der Waals surface area contributed by atoms with E-state index in [1.807, 2.05) is 17.5 Å². The first-order chi connectivity index (χ1) is 10.2. The number of hydrogen-bond acceptors (Lipinski definition) is 5. The van der Waals surface area contributed by atoms with E-state index < -0.39 is 0 Å². The van der Waals surface area contributed by atoms with Crippen molar-refractivity contribution in [2.75, 3.05) is 25.5 Å². The highest BCUT2D eigenvalue weighted by atomic mass is 32.1. The highest BCUT2D eigenvalue weighted by molar-refractivity contribution is 7.09. The van der Waals surface area contributed by atoms with Gasteiger partial charge in [-0.2, -0.15) is 0 Å². The van der Waals surface area contributed by atoms with Crippen LogP contribution in [0, 0.1) is 5.92 Å². The van der Waals surface area contributed by atoms with E-state index in [1.54, 1.807) is 36.7 Å². The first-order valence-corrected chi connectivity index (χ1v) is 7.66. The van der Waals surface area contributed by atoms with Crippen LogP contribution in [0.3, 0.4) is 0 Å². The van der Waals surface area contributed by atoms with E-state index in [1.165, 1.54) is 4.88 Å². The van der Waals surface area contributed by atoms with Crippen molar-refractivity contribution in [2.45, 2.75) is 6.42 Å². The van der Waals surface area contributed by atoms with Crippen molar-refractivity contribution in [1.82, 2.24) is 10.3 Å². The number of aromatic nitrogens is 1. The van der Waals surface area contributed by atoms with Crippen molar-refractivity contribution in [1.29, 1.82) is 0 Å². The van der Waals surface area contributed by atoms with Crippen LogP contribution in [-0.4, -0.2) is 36.2 Å². The third-order valence-corrected chi connectivity index (χ3v) is 4.06. The van der Waals surface area contributed by atoms with Gasteiger partial charge in [-0.1, -0.05) is 6.07 Å². The average Bonchev–Trinajstić information content (AvgIpc) is 3.04. The number of pyridine rings is 1. The molecular weight excluding hydrogens is 286 g/mol. The fourth-order valence-corrected chi connectivity index (χ4v) is 2.78. The standard InChI is InChI=1S/C15H19N3O2S/c1-16-14-8-12(4-5-17-14)15(20)18-9-11(10-19)7-13-3-2-6-21-13/h2-6,8,11,19H,7,9-10H2,1H3,(H,16,17)(H,18,20)/t11-/m1/s1. The summed E-state index contributed by atoms with van der Waals surface area (Å²) in [5.74, 6) is 0.525. The fourth-order valence-electron chi connectivity index (χ4n) is 1.96. The molecule has 3 N–H and O–H groups in total. The highest BCUT2D eigenvalue weighted by Crippen LogP contribution is 2.14. The van der Waals surface area contributed by atoms with Crippen molar-refractivity contribution >= 4 is 23.1 Å². The molecule has 0 saturated carbocycles. The van der Waals surface area contributed by atoms with Crippen LogP contribution in [0.15, 0.2) is 35.8 Å². The van der Waals surface area contributed by atoms with Gasteiger partial charge in [-0.05, 0) is 30.0 Å². The molecule has 0 spiro atoms. The van der Waals surface area contributed by atoms with Crippen LogP contribution in [-0.2, 0) is 6.42 Å². The number of hydrogen-bond donors (Lipinski definition) is 3. The maximum absolute atomic E-state index is 12.1. The van der Waals surface area contributed by atoms with E-state index in [4.69, 9.17) is 0 Å². The van der Waals surface area contributed by atoms with Gasteiger partial charge in [0.2, 0.25) is 0 Å². The number of aliphatic hydroxyl groups is 1. The van der Waals surface area contributed by atoms with Crippen LogP contribution in [0.25, 0.3) is 0 Å². The van der Waals surface area contributed by atoms with E-state index in [0.717, 1.165) is 6.42 Å². The minimum Gasteiger partial charge on any atom is -0.396 e. The van der Waals surface area contributed by atoms with Crippen molar-refractivity contribution in [3.8, 4) is 0 Å². The Kier molecular flexibility index (Phi) is 5.71. The highest BCUT2D eigenvalue weighted by Gasteiger charge is 2.12. The molecule has 5 nitrogen and oxygen atoms in total. The van der Waals surface area contributed by atoms with Gasteiger partial charge in [-0.25, -0.2) is 4.98 Å². The van der Waals surface area contributed by atoms with E-state index >= 15 is 0 Å². The second-order valence-corrected chi connectivity index (χ2v) is 5.75. The third-order valence-electron chi connectivity index (χ3n) is 3.16. The van der Waals surface area contributed by atoms with Gasteiger partial charge < -0.3 is 15.7 Å². The number of amides is 1. The molecule has 0 aromatic carbocycles. The van der Waals surface area contributed by atoms with Gasteiger partial charge in [0.15, 0.2) is 0 Å². The van der Waals surface area contributed by atoms with Crippen molar-refractivity contribution in [2.24, 2.45) is 5.92 Å². The number of nitrogens with zero attached hydrogens (tertiary/aromatic N) is 1. The normalized spacial score (nSPS) is 11.9. The first-order valence-electron chi connectivity index (χ1n) is 6.78. The van der Waals surface area contributed by atoms with Crippen LogP contribution < -0.4 is 10.6 Å². The van der Waals surface area contributed by atoms with Gasteiger partial charge in [0.25, 0.3) is 5.91 Å². The van der Waals surface area contributed by atoms with Crippen LogP contribution in [0.2, 0.25) is 0 Å². The zero-order valence-corrected chi connectivity index (χ0v) is 12.7. The molecule has 1 amide bonds. The summed E-state index contributed by atoms with van der Waals surface area (Å²) in [5.41, 5.74) is 0.558. The van der Waals surface area contributed by atoms with Crippen LogP contribution in [0.5, 0.6) is 0 Å². The van der Waals surface area contributed by atoms with Gasteiger partial charge >= 0.3 is 0 Å². The Morgan fingerprint density at radius 3 is 3.00 bits per heavy atom. The molecule has 2 rings (SSSR count). The Hall–Kier alpha value is -1.92. The topological polar surface area (TPSA) is 74.2 Å². The predicted molar refractivity (Wildman–Crippen MR) is 84.7 cm³/mol. The van der Waals surface area contributed by atoms with Crippen LogP contribution in [0.1, 0.15) is 15.2 Å². The largest absolute Gasteiger partial charge is 0.396 e. The smallest absolute Gasteiger partial charge is 0.251 e. The Balaban J connectivity index is 1.89. The summed E-state index contributed by atoms with van der Waals surface area (Å²) in [7, 11) is 1.76. The number of nitrogens with one attached hydrogen (secondary N) is 2. The molecule has 0 unspecified atom stereocenters. The van der Waals surface area contributed by atoms with E-state index in [0.29, 0.717) is 17.9 Å². The maximum Gasteiger partial charge on any atom is 0.251 e. The van der Waals surface area contributed by atoms with Gasteiger partial charge in [-0.15, -0.1) is 11.3 Å². The number of anilines is 1. The molecule has 2 aromatic heterocycles. The Labute approximate surface area is 128 Å². The molecule has 6 heteroatoms. The van der Waals surface area contributed by atoms with Gasteiger partial charge in [0, 0.05) is 42.8 Å². The van der Waals surface area contributed by atoms with E-state index in [-0.39, 0.29) is 18.4 Å². The molecule has 1 atom stereocenters. The Morgan fingerprint density at radius 1 is 1.48 bits per heavy atom. The predicted octanol–water partition coefficient (Wildman–Crippen LogP) is 1.77. The summed E-state index contributed by atoms with van der Waals surface area (Å²) in [4.78, 5) is 17.4. The molecule has 21 heavy (non-hydrogen) atoms. The summed E-state index contributed by atoms with van der Waals surface area (Å²) in [6.07, 6.45) is 2.36. The molecular formula is C15H19N3O2S. The zero-order valence-electron chi connectivity index (χ0n) is 11.9. The molecule has 112 valence electrons. The molecule has 0 radical (unpaired) electrons. The summed E-state index contributed by atoms with van der Waals surface area (Å²) in [6.45, 7) is 0.501. The van der Waals surface area contributed by atoms with Crippen molar-refractivity contribution in [3.63, 3.8) is 0 Å². The average molecular weight is 305 g/mol. The lowest BCUT2D eigenvalue weighted by molar-refractivity contribution is 0.0940. The fraction of sp³-hybridized carbons (Fsp3) is 0.333. The van der Waals surface area contributed by atoms with Crippen molar-refractivity contribution < 1.29 is 9.90 Å². The first kappa shape index (κ1) is 15.5. The minimum absolute atomic E-state index is 0.0261. The summed E-state index contributed by atoms with van der Waals surface area (Å²) in [6, 6.07) is 7.40. The summed E-state index contributed by atoms with van der Waals surface area (Å²) >= 11 is 1.66. The number of aliphatic hydroxyl groups excluding tert-OH is 1. The van der Waals surface area contributed by atoms with Gasteiger partial charge in [0.05, 0.1) is 0 Å². The Bertz CT molecular complexity index is 572.